The maximum atomic E-state index is 14.5. The molecule has 6 aliphatic rings. The molecule has 7 nitrogen and oxygen atoms in total. The monoisotopic (exact) mass is 572 g/mol. The highest BCUT2D eigenvalue weighted by Gasteiger charge is 2.83. The molecule has 1 aliphatic heterocycles. The Bertz CT molecular complexity index is 1340. The van der Waals surface area contributed by atoms with Crippen LogP contribution in [0.5, 0.6) is 0 Å². The number of fused-ring (bicyclic) bond motifs is 9. The van der Waals surface area contributed by atoms with Crippen molar-refractivity contribution in [1.82, 2.24) is 5.32 Å². The van der Waals surface area contributed by atoms with Gasteiger partial charge >= 0.3 is 5.92 Å². The lowest BCUT2D eigenvalue weighted by Crippen LogP contribution is -2.72. The van der Waals surface area contributed by atoms with Crippen molar-refractivity contribution in [2.24, 2.45) is 39.4 Å². The number of hydrogen-bond acceptors (Lipinski definition) is 6. The summed E-state index contributed by atoms with van der Waals surface area (Å²) in [6, 6.07) is 2.04. The molecule has 2 N–H and O–H groups in total. The van der Waals surface area contributed by atoms with E-state index in [1.807, 2.05) is 13.0 Å². The van der Waals surface area contributed by atoms with Gasteiger partial charge in [-0.15, -0.1) is 0 Å². The topological polar surface area (TPSA) is 120 Å². The van der Waals surface area contributed by atoms with Crippen LogP contribution in [0.4, 0.5) is 8.78 Å². The number of ether oxygens (including phenoxy) is 1. The van der Waals surface area contributed by atoms with E-state index in [2.05, 4.69) is 33.0 Å². The van der Waals surface area contributed by atoms with E-state index >= 15 is 0 Å². The molecular weight excluding hydrogens is 530 g/mol. The Morgan fingerprint density at radius 3 is 2.34 bits per heavy atom. The maximum Gasteiger partial charge on any atom is 0.321 e. The summed E-state index contributed by atoms with van der Waals surface area (Å²) in [4.78, 5) is 40.4. The summed E-state index contributed by atoms with van der Waals surface area (Å²) in [7, 11) is 0. The third-order valence-electron chi connectivity index (χ3n) is 13.2. The summed E-state index contributed by atoms with van der Waals surface area (Å²) in [5, 5.41) is 24.3. The van der Waals surface area contributed by atoms with E-state index in [0.29, 0.717) is 45.4 Å². The van der Waals surface area contributed by atoms with Crippen LogP contribution in [0.2, 0.25) is 0 Å². The first kappa shape index (κ1) is 28.9. The molecule has 10 atom stereocenters. The minimum absolute atomic E-state index is 0.106. The second-order valence-electron chi connectivity index (χ2n) is 15.9. The van der Waals surface area contributed by atoms with Crippen molar-refractivity contribution in [3.8, 4) is 6.07 Å². The molecular formula is C32H42F2N2O5. The molecule has 9 heteroatoms. The van der Waals surface area contributed by atoms with Crippen molar-refractivity contribution in [2.45, 2.75) is 122 Å². The Balaban J connectivity index is 1.49. The summed E-state index contributed by atoms with van der Waals surface area (Å²) < 4.78 is 34.2. The van der Waals surface area contributed by atoms with Crippen molar-refractivity contribution in [3.63, 3.8) is 0 Å². The van der Waals surface area contributed by atoms with Crippen LogP contribution in [0.25, 0.3) is 0 Å². The van der Waals surface area contributed by atoms with Gasteiger partial charge in [-0.25, -0.2) is 0 Å². The van der Waals surface area contributed by atoms with Gasteiger partial charge in [0.15, 0.2) is 5.78 Å². The van der Waals surface area contributed by atoms with Crippen LogP contribution in [0, 0.1) is 50.7 Å². The minimum atomic E-state index is -3.53. The largest absolute Gasteiger partial charge is 0.382 e. The first-order valence-corrected chi connectivity index (χ1v) is 15.0. The summed E-state index contributed by atoms with van der Waals surface area (Å²) in [5.41, 5.74) is -5.73. The first-order valence-electron chi connectivity index (χ1n) is 15.0. The number of nitrogens with one attached hydrogen (secondary N) is 1. The molecule has 224 valence electrons. The number of rotatable bonds is 2. The molecule has 0 aromatic heterocycles. The lowest BCUT2D eigenvalue weighted by atomic mass is 9.35. The van der Waals surface area contributed by atoms with E-state index in [-0.39, 0.29) is 17.1 Å². The van der Waals surface area contributed by atoms with Gasteiger partial charge in [0.05, 0.1) is 0 Å². The second kappa shape index (κ2) is 7.85. The van der Waals surface area contributed by atoms with Crippen molar-refractivity contribution >= 4 is 17.5 Å². The van der Waals surface area contributed by atoms with Gasteiger partial charge in [-0.1, -0.05) is 40.2 Å². The summed E-state index contributed by atoms with van der Waals surface area (Å²) in [6.07, 6.45) is 5.02. The van der Waals surface area contributed by atoms with Gasteiger partial charge in [0.25, 0.3) is 5.91 Å². The lowest BCUT2D eigenvalue weighted by molar-refractivity contribution is -0.178. The Labute approximate surface area is 240 Å². The molecule has 0 bridgehead atoms. The van der Waals surface area contributed by atoms with Crippen LogP contribution in [-0.4, -0.2) is 51.3 Å². The molecule has 41 heavy (non-hydrogen) atoms. The number of amides is 1. The number of allylic oxidation sites excluding steroid dienone is 1. The van der Waals surface area contributed by atoms with E-state index in [4.69, 9.17) is 4.74 Å². The zero-order valence-corrected chi connectivity index (χ0v) is 25.1. The lowest BCUT2D eigenvalue weighted by Gasteiger charge is -2.69. The molecule has 0 aromatic rings. The van der Waals surface area contributed by atoms with Crippen molar-refractivity contribution in [2.75, 3.05) is 0 Å². The molecule has 4 saturated carbocycles. The Hall–Kier alpha value is -2.18. The van der Waals surface area contributed by atoms with E-state index in [1.54, 1.807) is 6.08 Å². The van der Waals surface area contributed by atoms with Crippen LogP contribution < -0.4 is 5.32 Å². The molecule has 0 radical (unpaired) electrons. The van der Waals surface area contributed by atoms with Crippen LogP contribution in [0.1, 0.15) is 93.4 Å². The highest BCUT2D eigenvalue weighted by Crippen LogP contribution is 2.76. The van der Waals surface area contributed by atoms with Gasteiger partial charge in [0, 0.05) is 29.7 Å². The number of carbonyl (C=O) groups excluding carboxylic acids is 3. The number of epoxide rings is 1. The van der Waals surface area contributed by atoms with Crippen LogP contribution >= 0.6 is 0 Å². The van der Waals surface area contributed by atoms with Crippen molar-refractivity contribution in [3.05, 3.63) is 11.6 Å². The average Bonchev–Trinajstić information content (AvgIpc) is 3.62. The molecule has 1 heterocycles. The van der Waals surface area contributed by atoms with Gasteiger partial charge in [0.2, 0.25) is 11.4 Å². The molecule has 5 fully saturated rings. The molecule has 5 aliphatic carbocycles. The molecule has 0 aromatic carbocycles. The highest BCUT2D eigenvalue weighted by atomic mass is 19.3. The maximum absolute atomic E-state index is 14.5. The normalized spacial score (nSPS) is 51.5. The first-order chi connectivity index (χ1) is 18.7. The predicted molar refractivity (Wildman–Crippen MR) is 144 cm³/mol. The second-order valence-corrected chi connectivity index (χ2v) is 15.9. The number of hydrogen-bond donors (Lipinski definition) is 2. The number of halogens is 2. The Kier molecular flexibility index (Phi) is 5.54. The fourth-order valence-corrected chi connectivity index (χ4v) is 10.7. The molecule has 0 spiro atoms. The molecule has 1 amide bonds. The molecule has 6 rings (SSSR count). The Morgan fingerprint density at radius 1 is 1.10 bits per heavy atom. The number of Topliss-reactive ketones (excluding diaryl/α,β-unsaturated/α-hetero) is 1. The summed E-state index contributed by atoms with van der Waals surface area (Å²) in [6.45, 7) is 12.6. The number of aliphatic hydroxyl groups is 1. The van der Waals surface area contributed by atoms with Crippen molar-refractivity contribution in [1.29, 1.82) is 5.26 Å². The number of nitriles is 1. The summed E-state index contributed by atoms with van der Waals surface area (Å²) in [5.74, 6) is -6.87. The fourth-order valence-electron chi connectivity index (χ4n) is 10.7. The average molecular weight is 573 g/mol. The third kappa shape index (κ3) is 3.32. The smallest absolute Gasteiger partial charge is 0.321 e. The minimum Gasteiger partial charge on any atom is -0.382 e. The number of nitrogens with zero attached hydrogens (tertiary/aromatic N) is 1. The van der Waals surface area contributed by atoms with E-state index < -0.39 is 68.5 Å². The standard InChI is InChI=1S/C32H42F2N2O5/c1-25(2)10-12-31(36-24(39)30(7,33)34)13-11-27(4)21(17(31)15-25)18(37)14-20-26(27,3)9-8-19-28(20,5)23-32(16-35,41-23)22(38)29(19,6)40/h14,17,19,21,23,40H,8-13,15H2,1-7H3,(H,36,39)/t17?,19?,21?,23-,26-,27-,28+,29+,31+,32+/m1/s1. The number of ketones is 2. The quantitative estimate of drug-likeness (QED) is 0.465. The highest BCUT2D eigenvalue weighted by molar-refractivity contribution is 6.02. The van der Waals surface area contributed by atoms with E-state index in [9.17, 15) is 33.5 Å². The van der Waals surface area contributed by atoms with E-state index in [0.717, 1.165) is 12.0 Å². The number of alkyl halides is 2. The SMILES string of the molecule is CC1(C)CC[C@]2(NC(=O)C(C)(F)F)CC[C@]3(C)C(C(=O)C=C4[C@]5(C)C(CC[C@]43C)[C@](C)(O)C(=O)[C@]3(C#N)O[C@@H]35)C2C1. The zero-order chi connectivity index (χ0) is 30.4. The van der Waals surface area contributed by atoms with Gasteiger partial charge in [0.1, 0.15) is 17.8 Å². The number of carbonyl (C=O) groups is 3. The van der Waals surface area contributed by atoms with Crippen LogP contribution in [-0.2, 0) is 19.1 Å². The Morgan fingerprint density at radius 2 is 1.73 bits per heavy atom. The summed E-state index contributed by atoms with van der Waals surface area (Å²) >= 11 is 0. The van der Waals surface area contributed by atoms with Gasteiger partial charge < -0.3 is 15.2 Å². The van der Waals surface area contributed by atoms with Crippen molar-refractivity contribution < 1.29 is 33.0 Å². The molecule has 3 unspecified atom stereocenters. The zero-order valence-electron chi connectivity index (χ0n) is 25.1. The fraction of sp³-hybridized carbons (Fsp3) is 0.812. The van der Waals surface area contributed by atoms with Crippen LogP contribution in [0.15, 0.2) is 11.6 Å². The van der Waals surface area contributed by atoms with Gasteiger partial charge in [-0.05, 0) is 80.1 Å². The van der Waals surface area contributed by atoms with E-state index in [1.165, 1.54) is 6.92 Å². The predicted octanol–water partition coefficient (Wildman–Crippen LogP) is 4.67. The van der Waals surface area contributed by atoms with Gasteiger partial charge in [-0.2, -0.15) is 14.0 Å². The molecule has 1 saturated heterocycles. The van der Waals surface area contributed by atoms with Gasteiger partial charge in [-0.3, -0.25) is 14.4 Å². The third-order valence-corrected chi connectivity index (χ3v) is 13.2. The van der Waals surface area contributed by atoms with Crippen LogP contribution in [0.3, 0.4) is 0 Å².